The Kier molecular flexibility index (Phi) is 7.50. The van der Waals surface area contributed by atoms with Gasteiger partial charge in [0.1, 0.15) is 12.1 Å². The smallest absolute Gasteiger partial charge is 0.270 e. The number of likely N-dealkylation sites (tertiary alicyclic amines) is 1. The summed E-state index contributed by atoms with van der Waals surface area (Å²) in [6, 6.07) is 25.0. The number of amides is 3. The molecule has 2 aliphatic heterocycles. The molecule has 0 bridgehead atoms. The maximum absolute atomic E-state index is 14.0. The predicted molar refractivity (Wildman–Crippen MR) is 149 cm³/mol. The molecule has 3 amide bonds. The quantitative estimate of drug-likeness (QED) is 0.335. The van der Waals surface area contributed by atoms with Crippen molar-refractivity contribution in [3.05, 3.63) is 106 Å². The molecule has 0 unspecified atom stereocenters. The zero-order valence-electron chi connectivity index (χ0n) is 22.3. The molecule has 0 aliphatic carbocycles. The Hall–Kier alpha value is -4.73. The third kappa shape index (κ3) is 5.25. The van der Waals surface area contributed by atoms with E-state index in [0.717, 1.165) is 11.3 Å². The Morgan fingerprint density at radius 2 is 1.60 bits per heavy atom. The minimum atomic E-state index is -0.890. The van der Waals surface area contributed by atoms with Crippen LogP contribution >= 0.6 is 0 Å². The third-order valence-electron chi connectivity index (χ3n) is 7.78. The summed E-state index contributed by atoms with van der Waals surface area (Å²) in [5, 5.41) is 11.2. The second kappa shape index (κ2) is 11.2. The Balaban J connectivity index is 1.33. The summed E-state index contributed by atoms with van der Waals surface area (Å²) in [5.41, 5.74) is 1.10. The molecule has 2 aliphatic rings. The van der Waals surface area contributed by atoms with E-state index >= 15 is 0 Å². The molecule has 3 aromatic carbocycles. The molecule has 10 heteroatoms. The fourth-order valence-corrected chi connectivity index (χ4v) is 5.57. The average molecular weight is 542 g/mol. The lowest BCUT2D eigenvalue weighted by Gasteiger charge is -2.43. The topological polar surface area (TPSA) is 107 Å². The van der Waals surface area contributed by atoms with Crippen LogP contribution in [-0.4, -0.2) is 76.2 Å². The molecule has 3 aromatic rings. The largest absolute Gasteiger partial charge is 0.340 e. The summed E-state index contributed by atoms with van der Waals surface area (Å²) in [6.45, 7) is 1.30. The van der Waals surface area contributed by atoms with Gasteiger partial charge in [0, 0.05) is 50.1 Å². The summed E-state index contributed by atoms with van der Waals surface area (Å²) in [4.78, 5) is 57.9. The summed E-state index contributed by atoms with van der Waals surface area (Å²) in [7, 11) is 1.73. The van der Waals surface area contributed by atoms with Crippen LogP contribution in [0.4, 0.5) is 11.4 Å². The number of hydrogen-bond acceptors (Lipinski definition) is 6. The SMILES string of the molecule is CN(Cc1ccccc1)C(=O)CN1CN(c2ccccc2)C2(CCN(C(=O)c3cccc([N+](=O)[O-])c3)CC2)C1=O. The lowest BCUT2D eigenvalue weighted by molar-refractivity contribution is -0.384. The van der Waals surface area contributed by atoms with E-state index in [2.05, 4.69) is 4.90 Å². The van der Waals surface area contributed by atoms with Gasteiger partial charge in [-0.3, -0.25) is 24.5 Å². The highest BCUT2D eigenvalue weighted by atomic mass is 16.6. The van der Waals surface area contributed by atoms with Crippen molar-refractivity contribution in [2.45, 2.75) is 24.9 Å². The van der Waals surface area contributed by atoms with Gasteiger partial charge in [-0.25, -0.2) is 0 Å². The molecule has 0 N–H and O–H groups in total. The molecule has 0 radical (unpaired) electrons. The van der Waals surface area contributed by atoms with Gasteiger partial charge in [0.15, 0.2) is 0 Å². The lowest BCUT2D eigenvalue weighted by Crippen LogP contribution is -2.57. The average Bonchev–Trinajstić information content (AvgIpc) is 3.24. The lowest BCUT2D eigenvalue weighted by atomic mass is 9.85. The molecule has 40 heavy (non-hydrogen) atoms. The van der Waals surface area contributed by atoms with Gasteiger partial charge < -0.3 is 19.6 Å². The van der Waals surface area contributed by atoms with E-state index in [1.165, 1.54) is 18.2 Å². The zero-order valence-corrected chi connectivity index (χ0v) is 22.3. The first-order chi connectivity index (χ1) is 19.3. The first-order valence-corrected chi connectivity index (χ1v) is 13.2. The number of anilines is 1. The van der Waals surface area contributed by atoms with E-state index in [-0.39, 0.29) is 42.2 Å². The van der Waals surface area contributed by atoms with Crippen LogP contribution in [0.3, 0.4) is 0 Å². The van der Waals surface area contributed by atoms with Crippen LogP contribution in [0.25, 0.3) is 0 Å². The monoisotopic (exact) mass is 541 g/mol. The highest BCUT2D eigenvalue weighted by molar-refractivity contribution is 5.98. The van der Waals surface area contributed by atoms with Crippen molar-refractivity contribution in [1.82, 2.24) is 14.7 Å². The fourth-order valence-electron chi connectivity index (χ4n) is 5.57. The van der Waals surface area contributed by atoms with Crippen molar-refractivity contribution in [3.8, 4) is 0 Å². The van der Waals surface area contributed by atoms with Crippen molar-refractivity contribution in [2.75, 3.05) is 38.3 Å². The Morgan fingerprint density at radius 1 is 0.950 bits per heavy atom. The van der Waals surface area contributed by atoms with Gasteiger partial charge in [-0.1, -0.05) is 54.6 Å². The number of nitro benzene ring substituents is 1. The van der Waals surface area contributed by atoms with Crippen LogP contribution < -0.4 is 4.90 Å². The number of rotatable bonds is 7. The molecule has 2 heterocycles. The van der Waals surface area contributed by atoms with Crippen molar-refractivity contribution < 1.29 is 19.3 Å². The van der Waals surface area contributed by atoms with Crippen LogP contribution in [0.2, 0.25) is 0 Å². The molecule has 1 spiro atoms. The summed E-state index contributed by atoms with van der Waals surface area (Å²) in [6.07, 6.45) is 0.762. The number of likely N-dealkylation sites (N-methyl/N-ethyl adjacent to an activating group) is 1. The van der Waals surface area contributed by atoms with E-state index in [0.29, 0.717) is 32.5 Å². The van der Waals surface area contributed by atoms with E-state index in [9.17, 15) is 24.5 Å². The number of nitrogens with zero attached hydrogens (tertiary/aromatic N) is 5. The Morgan fingerprint density at radius 3 is 2.25 bits per heavy atom. The fraction of sp³-hybridized carbons (Fsp3) is 0.300. The van der Waals surface area contributed by atoms with Gasteiger partial charge in [0.25, 0.3) is 17.5 Å². The predicted octanol–water partition coefficient (Wildman–Crippen LogP) is 3.53. The molecule has 0 aromatic heterocycles. The minimum Gasteiger partial charge on any atom is -0.340 e. The highest BCUT2D eigenvalue weighted by Gasteiger charge is 2.54. The van der Waals surface area contributed by atoms with Gasteiger partial charge in [-0.2, -0.15) is 0 Å². The molecule has 2 saturated heterocycles. The van der Waals surface area contributed by atoms with Gasteiger partial charge in [-0.15, -0.1) is 0 Å². The number of hydrogen-bond donors (Lipinski definition) is 0. The van der Waals surface area contributed by atoms with Crippen LogP contribution in [0.5, 0.6) is 0 Å². The first kappa shape index (κ1) is 26.9. The maximum atomic E-state index is 14.0. The van der Waals surface area contributed by atoms with Crippen LogP contribution in [0.15, 0.2) is 84.9 Å². The molecule has 10 nitrogen and oxygen atoms in total. The minimum absolute atomic E-state index is 0.0381. The van der Waals surface area contributed by atoms with Crippen molar-refractivity contribution in [3.63, 3.8) is 0 Å². The number of nitro groups is 1. The third-order valence-corrected chi connectivity index (χ3v) is 7.78. The zero-order chi connectivity index (χ0) is 28.3. The van der Waals surface area contributed by atoms with E-state index in [1.54, 1.807) is 27.8 Å². The number of carbonyl (C=O) groups excluding carboxylic acids is 3. The summed E-state index contributed by atoms with van der Waals surface area (Å²) < 4.78 is 0. The van der Waals surface area contributed by atoms with Gasteiger partial charge >= 0.3 is 0 Å². The number of benzene rings is 3. The second-order valence-electron chi connectivity index (χ2n) is 10.3. The van der Waals surface area contributed by atoms with E-state index < -0.39 is 10.5 Å². The normalized spacial score (nSPS) is 16.3. The number of para-hydroxylation sites is 1. The van der Waals surface area contributed by atoms with Crippen molar-refractivity contribution >= 4 is 29.1 Å². The molecule has 2 fully saturated rings. The van der Waals surface area contributed by atoms with Crippen LogP contribution in [-0.2, 0) is 16.1 Å². The number of carbonyl (C=O) groups is 3. The Labute approximate surface area is 232 Å². The van der Waals surface area contributed by atoms with Crippen molar-refractivity contribution in [1.29, 1.82) is 0 Å². The molecule has 206 valence electrons. The first-order valence-electron chi connectivity index (χ1n) is 13.2. The number of non-ortho nitro benzene ring substituents is 1. The molecular formula is C30H31N5O5. The highest BCUT2D eigenvalue weighted by Crippen LogP contribution is 2.39. The van der Waals surface area contributed by atoms with E-state index in [4.69, 9.17) is 0 Å². The van der Waals surface area contributed by atoms with Gasteiger partial charge in [-0.05, 0) is 36.6 Å². The van der Waals surface area contributed by atoms with Gasteiger partial charge in [0.2, 0.25) is 5.91 Å². The van der Waals surface area contributed by atoms with Crippen LogP contribution in [0, 0.1) is 10.1 Å². The molecule has 0 saturated carbocycles. The van der Waals surface area contributed by atoms with Crippen molar-refractivity contribution in [2.24, 2.45) is 0 Å². The second-order valence-corrected chi connectivity index (χ2v) is 10.3. The molecular weight excluding hydrogens is 510 g/mol. The van der Waals surface area contributed by atoms with E-state index in [1.807, 2.05) is 60.7 Å². The van der Waals surface area contributed by atoms with Crippen LogP contribution in [0.1, 0.15) is 28.8 Å². The molecule has 0 atom stereocenters. The maximum Gasteiger partial charge on any atom is 0.270 e. The summed E-state index contributed by atoms with van der Waals surface area (Å²) >= 11 is 0. The molecule has 5 rings (SSSR count). The Bertz CT molecular complexity index is 1410. The number of piperidine rings is 1. The van der Waals surface area contributed by atoms with Gasteiger partial charge in [0.05, 0.1) is 11.6 Å². The summed E-state index contributed by atoms with van der Waals surface area (Å²) in [5.74, 6) is -0.578. The standard InChI is InChI=1S/C30H31N5O5/c1-31(20-23-9-4-2-5-10-23)27(36)21-33-22-34(25-12-6-3-7-13-25)30(29(33)38)15-17-32(18-16-30)28(37)24-11-8-14-26(19-24)35(39)40/h2-14,19H,15-18,20-22H2,1H3.